The molecular formula is C15H23F2N3. The van der Waals surface area contributed by atoms with Crippen LogP contribution < -0.4 is 5.73 Å². The van der Waals surface area contributed by atoms with E-state index < -0.39 is 11.6 Å². The Morgan fingerprint density at radius 1 is 1.25 bits per heavy atom. The summed E-state index contributed by atoms with van der Waals surface area (Å²) in [7, 11) is 2.12. The normalized spacial score (nSPS) is 22.9. The topological polar surface area (TPSA) is 32.5 Å². The smallest absolute Gasteiger partial charge is 0.126 e. The van der Waals surface area contributed by atoms with Crippen LogP contribution in [-0.4, -0.2) is 49.1 Å². The molecule has 0 bridgehead atoms. The van der Waals surface area contributed by atoms with Gasteiger partial charge in [-0.2, -0.15) is 0 Å². The van der Waals surface area contributed by atoms with E-state index in [2.05, 4.69) is 23.8 Å². The summed E-state index contributed by atoms with van der Waals surface area (Å²) in [4.78, 5) is 4.57. The summed E-state index contributed by atoms with van der Waals surface area (Å²) in [5.41, 5.74) is 6.49. The molecule has 0 saturated carbocycles. The average molecular weight is 283 g/mol. The third-order valence-electron chi connectivity index (χ3n) is 4.21. The first-order chi connectivity index (χ1) is 9.55. The Labute approximate surface area is 119 Å². The van der Waals surface area contributed by atoms with Crippen LogP contribution in [-0.2, 0) is 0 Å². The lowest BCUT2D eigenvalue weighted by atomic mass is 10.0. The number of hydrogen-bond donors (Lipinski definition) is 1. The molecule has 1 aromatic rings. The van der Waals surface area contributed by atoms with Gasteiger partial charge in [0.05, 0.1) is 0 Å². The van der Waals surface area contributed by atoms with Gasteiger partial charge in [-0.25, -0.2) is 8.78 Å². The largest absolute Gasteiger partial charge is 0.329 e. The minimum atomic E-state index is -0.542. The van der Waals surface area contributed by atoms with Gasteiger partial charge in [0.2, 0.25) is 0 Å². The van der Waals surface area contributed by atoms with Crippen LogP contribution in [0.15, 0.2) is 18.2 Å². The van der Waals surface area contributed by atoms with E-state index in [4.69, 9.17) is 5.73 Å². The fourth-order valence-corrected chi connectivity index (χ4v) is 2.96. The summed E-state index contributed by atoms with van der Waals surface area (Å²) in [6.45, 7) is 5.22. The Morgan fingerprint density at radius 2 is 1.90 bits per heavy atom. The van der Waals surface area contributed by atoms with Crippen LogP contribution >= 0.6 is 0 Å². The van der Waals surface area contributed by atoms with Crippen molar-refractivity contribution in [2.45, 2.75) is 25.4 Å². The van der Waals surface area contributed by atoms with Gasteiger partial charge in [-0.15, -0.1) is 0 Å². The maximum absolute atomic E-state index is 13.4. The molecule has 2 N–H and O–H groups in total. The number of nitrogens with two attached hydrogens (primary N) is 1. The number of benzene rings is 1. The highest BCUT2D eigenvalue weighted by Crippen LogP contribution is 2.25. The van der Waals surface area contributed by atoms with Gasteiger partial charge in [0.1, 0.15) is 11.6 Å². The molecule has 2 rings (SSSR count). The fraction of sp³-hybridized carbons (Fsp3) is 0.600. The second-order valence-corrected chi connectivity index (χ2v) is 5.49. The van der Waals surface area contributed by atoms with Crippen molar-refractivity contribution in [1.82, 2.24) is 9.80 Å². The molecule has 2 unspecified atom stereocenters. The van der Waals surface area contributed by atoms with Gasteiger partial charge in [-0.1, -0.05) is 6.92 Å². The predicted molar refractivity (Wildman–Crippen MR) is 76.4 cm³/mol. The van der Waals surface area contributed by atoms with Crippen LogP contribution in [0, 0.1) is 11.6 Å². The first-order valence-electron chi connectivity index (χ1n) is 7.15. The van der Waals surface area contributed by atoms with Crippen LogP contribution in [0.2, 0.25) is 0 Å². The Kier molecular flexibility index (Phi) is 5.07. The number of halogens is 2. The van der Waals surface area contributed by atoms with Crippen molar-refractivity contribution in [1.29, 1.82) is 0 Å². The van der Waals surface area contributed by atoms with E-state index in [9.17, 15) is 8.78 Å². The molecule has 5 heteroatoms. The van der Waals surface area contributed by atoms with Gasteiger partial charge in [-0.3, -0.25) is 4.90 Å². The van der Waals surface area contributed by atoms with Crippen molar-refractivity contribution in [3.63, 3.8) is 0 Å². The third-order valence-corrected chi connectivity index (χ3v) is 4.21. The van der Waals surface area contributed by atoms with Crippen molar-refractivity contribution in [3.05, 3.63) is 35.4 Å². The molecule has 2 atom stereocenters. The van der Waals surface area contributed by atoms with Gasteiger partial charge in [0, 0.05) is 44.3 Å². The minimum absolute atomic E-state index is 0.122. The quantitative estimate of drug-likeness (QED) is 0.917. The van der Waals surface area contributed by atoms with Crippen LogP contribution in [0.25, 0.3) is 0 Å². The van der Waals surface area contributed by atoms with Gasteiger partial charge in [-0.05, 0) is 31.2 Å². The summed E-state index contributed by atoms with van der Waals surface area (Å²) < 4.78 is 26.8. The second-order valence-electron chi connectivity index (χ2n) is 5.49. The van der Waals surface area contributed by atoms with Crippen LogP contribution in [0.3, 0.4) is 0 Å². The van der Waals surface area contributed by atoms with Crippen LogP contribution in [0.5, 0.6) is 0 Å². The van der Waals surface area contributed by atoms with Crippen molar-refractivity contribution >= 4 is 0 Å². The summed E-state index contributed by atoms with van der Waals surface area (Å²) in [6.07, 6.45) is 1.06. The van der Waals surface area contributed by atoms with Gasteiger partial charge in [0.25, 0.3) is 0 Å². The molecule has 1 saturated heterocycles. The molecule has 1 fully saturated rings. The molecule has 0 aromatic heterocycles. The highest BCUT2D eigenvalue weighted by atomic mass is 19.1. The Morgan fingerprint density at radius 3 is 2.45 bits per heavy atom. The fourth-order valence-electron chi connectivity index (χ4n) is 2.96. The first-order valence-corrected chi connectivity index (χ1v) is 7.15. The predicted octanol–water partition coefficient (Wildman–Crippen LogP) is 1.99. The lowest BCUT2D eigenvalue weighted by Crippen LogP contribution is -2.53. The lowest BCUT2D eigenvalue weighted by molar-refractivity contribution is 0.0642. The average Bonchev–Trinajstić information content (AvgIpc) is 2.40. The molecule has 1 aromatic carbocycles. The number of nitrogens with zero attached hydrogens (tertiary/aromatic N) is 2. The summed E-state index contributed by atoms with van der Waals surface area (Å²) >= 11 is 0. The zero-order valence-electron chi connectivity index (χ0n) is 12.1. The van der Waals surface area contributed by atoms with E-state index in [0.29, 0.717) is 18.2 Å². The third kappa shape index (κ3) is 3.34. The van der Waals surface area contributed by atoms with E-state index in [1.54, 1.807) is 0 Å². The highest BCUT2D eigenvalue weighted by Gasteiger charge is 2.28. The molecule has 0 radical (unpaired) electrons. The van der Waals surface area contributed by atoms with Crippen molar-refractivity contribution in [3.8, 4) is 0 Å². The molecule has 0 aliphatic carbocycles. The van der Waals surface area contributed by atoms with Crippen molar-refractivity contribution < 1.29 is 8.78 Å². The Balaban J connectivity index is 2.19. The maximum Gasteiger partial charge on any atom is 0.126 e. The molecule has 0 spiro atoms. The Bertz CT molecular complexity index is 432. The van der Waals surface area contributed by atoms with E-state index in [-0.39, 0.29) is 6.04 Å². The summed E-state index contributed by atoms with van der Waals surface area (Å²) in [6, 6.07) is 4.02. The monoisotopic (exact) mass is 283 g/mol. The minimum Gasteiger partial charge on any atom is -0.329 e. The van der Waals surface area contributed by atoms with Crippen LogP contribution in [0.4, 0.5) is 8.78 Å². The number of piperazine rings is 1. The molecule has 1 aliphatic heterocycles. The number of rotatable bonds is 4. The van der Waals surface area contributed by atoms with E-state index >= 15 is 0 Å². The van der Waals surface area contributed by atoms with Crippen LogP contribution in [0.1, 0.15) is 24.9 Å². The Hall–Kier alpha value is -1.04. The van der Waals surface area contributed by atoms with E-state index in [1.807, 2.05) is 0 Å². The summed E-state index contributed by atoms with van der Waals surface area (Å²) in [5, 5.41) is 0. The zero-order chi connectivity index (χ0) is 14.7. The molecule has 3 nitrogen and oxygen atoms in total. The first kappa shape index (κ1) is 15.4. The summed E-state index contributed by atoms with van der Waals surface area (Å²) in [5.74, 6) is -1.08. The highest BCUT2D eigenvalue weighted by molar-refractivity contribution is 5.22. The number of likely N-dealkylation sites (N-methyl/N-ethyl adjacent to an activating group) is 1. The van der Waals surface area contributed by atoms with Crippen molar-refractivity contribution in [2.75, 3.05) is 33.2 Å². The molecule has 0 amide bonds. The molecule has 112 valence electrons. The second kappa shape index (κ2) is 6.61. The SMILES string of the molecule is CCC1CN(C(CN)c2cc(F)cc(F)c2)CCN1C. The van der Waals surface area contributed by atoms with Gasteiger partial charge < -0.3 is 10.6 Å². The van der Waals surface area contributed by atoms with Gasteiger partial charge in [0.15, 0.2) is 0 Å². The van der Waals surface area contributed by atoms with Gasteiger partial charge >= 0.3 is 0 Å². The molecule has 20 heavy (non-hydrogen) atoms. The zero-order valence-corrected chi connectivity index (χ0v) is 12.1. The molecule has 1 heterocycles. The standard InChI is InChI=1S/C15H23F2N3/c1-3-14-10-20(5-4-19(14)2)15(9-18)11-6-12(16)8-13(17)7-11/h6-8,14-15H,3-5,9-10,18H2,1-2H3. The molecule has 1 aliphatic rings. The molecular weight excluding hydrogens is 260 g/mol. The maximum atomic E-state index is 13.4. The number of hydrogen-bond acceptors (Lipinski definition) is 3. The van der Waals surface area contributed by atoms with E-state index in [1.165, 1.54) is 12.1 Å². The lowest BCUT2D eigenvalue weighted by Gasteiger charge is -2.42. The van der Waals surface area contributed by atoms with E-state index in [0.717, 1.165) is 32.1 Å². The van der Waals surface area contributed by atoms with Crippen molar-refractivity contribution in [2.24, 2.45) is 5.73 Å².